The number of carboxylic acid groups (broad SMARTS) is 1. The lowest BCUT2D eigenvalue weighted by atomic mass is 10.0. The van der Waals surface area contributed by atoms with E-state index in [9.17, 15) is 9.18 Å². The van der Waals surface area contributed by atoms with Crippen molar-refractivity contribution in [2.45, 2.75) is 33.2 Å². The van der Waals surface area contributed by atoms with Crippen molar-refractivity contribution in [2.75, 3.05) is 0 Å². The number of aromatic nitrogens is 4. The number of aliphatic carboxylic acids is 1. The number of aryl methyl sites for hydroxylation is 1. The summed E-state index contributed by atoms with van der Waals surface area (Å²) < 4.78 is 15.2. The van der Waals surface area contributed by atoms with Gasteiger partial charge in [-0.25, -0.2) is 9.07 Å². The molecule has 7 heteroatoms. The second kappa shape index (κ2) is 6.43. The molecule has 1 atom stereocenters. The van der Waals surface area contributed by atoms with Crippen LogP contribution in [0, 0.1) is 18.7 Å². The van der Waals surface area contributed by atoms with Crippen LogP contribution in [0.15, 0.2) is 18.2 Å². The number of hydrogen-bond donors (Lipinski definition) is 1. The Morgan fingerprint density at radius 2 is 2.24 bits per heavy atom. The van der Waals surface area contributed by atoms with Crippen molar-refractivity contribution in [3.05, 3.63) is 29.6 Å². The van der Waals surface area contributed by atoms with E-state index >= 15 is 0 Å². The summed E-state index contributed by atoms with van der Waals surface area (Å²) in [6.45, 7) is 3.99. The molecule has 0 aliphatic heterocycles. The second-order valence-corrected chi connectivity index (χ2v) is 5.02. The SMILES string of the molecule is CCC(CC(=O)O)Cn1nnnc1-c1ccc(C)c(F)c1. The van der Waals surface area contributed by atoms with Crippen molar-refractivity contribution >= 4 is 5.97 Å². The zero-order chi connectivity index (χ0) is 15.4. The molecule has 21 heavy (non-hydrogen) atoms. The quantitative estimate of drug-likeness (QED) is 0.883. The average Bonchev–Trinajstić information content (AvgIpc) is 2.88. The highest BCUT2D eigenvalue weighted by Crippen LogP contribution is 2.21. The summed E-state index contributed by atoms with van der Waals surface area (Å²) in [6.07, 6.45) is 0.756. The fourth-order valence-electron chi connectivity index (χ4n) is 2.10. The predicted molar refractivity (Wildman–Crippen MR) is 74.0 cm³/mol. The van der Waals surface area contributed by atoms with Gasteiger partial charge in [-0.2, -0.15) is 0 Å². The molecule has 0 amide bonds. The van der Waals surface area contributed by atoms with Gasteiger partial charge in [0.25, 0.3) is 0 Å². The number of tetrazole rings is 1. The topological polar surface area (TPSA) is 80.9 Å². The first-order valence-electron chi connectivity index (χ1n) is 6.75. The third-order valence-corrected chi connectivity index (χ3v) is 3.43. The van der Waals surface area contributed by atoms with Crippen LogP contribution in [0.25, 0.3) is 11.4 Å². The maximum atomic E-state index is 13.6. The van der Waals surface area contributed by atoms with E-state index in [1.54, 1.807) is 19.1 Å². The van der Waals surface area contributed by atoms with E-state index in [2.05, 4.69) is 15.5 Å². The molecule has 1 unspecified atom stereocenters. The van der Waals surface area contributed by atoms with Crippen molar-refractivity contribution in [1.29, 1.82) is 0 Å². The van der Waals surface area contributed by atoms with Crippen LogP contribution in [-0.4, -0.2) is 31.3 Å². The minimum Gasteiger partial charge on any atom is -0.481 e. The van der Waals surface area contributed by atoms with Gasteiger partial charge in [-0.15, -0.1) is 5.10 Å². The lowest BCUT2D eigenvalue weighted by molar-refractivity contribution is -0.138. The highest BCUT2D eigenvalue weighted by Gasteiger charge is 2.17. The lowest BCUT2D eigenvalue weighted by Crippen LogP contribution is -2.16. The van der Waals surface area contributed by atoms with E-state index in [0.717, 1.165) is 0 Å². The molecule has 2 aromatic rings. The van der Waals surface area contributed by atoms with E-state index in [-0.39, 0.29) is 18.2 Å². The fraction of sp³-hybridized carbons (Fsp3) is 0.429. The van der Waals surface area contributed by atoms with Gasteiger partial charge in [0.2, 0.25) is 0 Å². The molecule has 0 aliphatic rings. The molecule has 0 radical (unpaired) electrons. The predicted octanol–water partition coefficient (Wildman–Crippen LogP) is 2.29. The molecule has 0 spiro atoms. The smallest absolute Gasteiger partial charge is 0.303 e. The maximum Gasteiger partial charge on any atom is 0.303 e. The number of carbonyl (C=O) groups is 1. The Morgan fingerprint density at radius 3 is 2.86 bits per heavy atom. The van der Waals surface area contributed by atoms with Crippen LogP contribution >= 0.6 is 0 Å². The number of nitrogens with zero attached hydrogens (tertiary/aromatic N) is 4. The minimum absolute atomic E-state index is 0.0536. The molecular formula is C14H17FN4O2. The van der Waals surface area contributed by atoms with Gasteiger partial charge in [0.15, 0.2) is 5.82 Å². The highest BCUT2D eigenvalue weighted by atomic mass is 19.1. The second-order valence-electron chi connectivity index (χ2n) is 5.02. The third kappa shape index (κ3) is 3.62. The third-order valence-electron chi connectivity index (χ3n) is 3.43. The molecule has 0 aliphatic carbocycles. The Labute approximate surface area is 121 Å². The highest BCUT2D eigenvalue weighted by molar-refractivity contribution is 5.67. The number of hydrogen-bond acceptors (Lipinski definition) is 4. The maximum absolute atomic E-state index is 13.6. The summed E-state index contributed by atoms with van der Waals surface area (Å²) in [7, 11) is 0. The van der Waals surface area contributed by atoms with Crippen LogP contribution in [0.2, 0.25) is 0 Å². The zero-order valence-corrected chi connectivity index (χ0v) is 12.0. The minimum atomic E-state index is -0.849. The standard InChI is InChI=1S/C14H17FN4O2/c1-3-10(6-13(20)21)8-19-14(16-17-18-19)11-5-4-9(2)12(15)7-11/h4-5,7,10H,3,6,8H2,1-2H3,(H,20,21). The Balaban J connectivity index is 2.25. The van der Waals surface area contributed by atoms with Crippen molar-refractivity contribution in [2.24, 2.45) is 5.92 Å². The normalized spacial score (nSPS) is 12.3. The molecule has 2 rings (SSSR count). The van der Waals surface area contributed by atoms with Gasteiger partial charge in [0.1, 0.15) is 5.82 Å². The Kier molecular flexibility index (Phi) is 4.62. The van der Waals surface area contributed by atoms with Crippen molar-refractivity contribution in [3.63, 3.8) is 0 Å². The molecule has 1 N–H and O–H groups in total. The van der Waals surface area contributed by atoms with Crippen LogP contribution in [0.1, 0.15) is 25.3 Å². The Bertz CT molecular complexity index is 642. The van der Waals surface area contributed by atoms with Crippen molar-refractivity contribution in [1.82, 2.24) is 20.2 Å². The number of halogens is 1. The first-order valence-corrected chi connectivity index (χ1v) is 6.75. The molecular weight excluding hydrogens is 275 g/mol. The summed E-state index contributed by atoms with van der Waals surface area (Å²) in [4.78, 5) is 10.8. The number of rotatable bonds is 6. The molecule has 112 valence electrons. The summed E-state index contributed by atoms with van der Waals surface area (Å²) in [5.74, 6) is -0.796. The summed E-state index contributed by atoms with van der Waals surface area (Å²) >= 11 is 0. The molecule has 1 heterocycles. The van der Waals surface area contributed by atoms with Crippen LogP contribution in [0.5, 0.6) is 0 Å². The molecule has 1 aromatic carbocycles. The Hall–Kier alpha value is -2.31. The molecule has 1 aromatic heterocycles. The van der Waals surface area contributed by atoms with Crippen LogP contribution in [0.4, 0.5) is 4.39 Å². The van der Waals surface area contributed by atoms with Crippen molar-refractivity contribution < 1.29 is 14.3 Å². The van der Waals surface area contributed by atoms with Crippen LogP contribution in [0.3, 0.4) is 0 Å². The largest absolute Gasteiger partial charge is 0.481 e. The number of benzene rings is 1. The Morgan fingerprint density at radius 1 is 1.48 bits per heavy atom. The lowest BCUT2D eigenvalue weighted by Gasteiger charge is -2.13. The number of carboxylic acids is 1. The fourth-order valence-corrected chi connectivity index (χ4v) is 2.10. The first-order chi connectivity index (χ1) is 10.0. The zero-order valence-electron chi connectivity index (χ0n) is 12.0. The van der Waals surface area contributed by atoms with Crippen LogP contribution < -0.4 is 0 Å². The van der Waals surface area contributed by atoms with Crippen molar-refractivity contribution in [3.8, 4) is 11.4 Å². The van der Waals surface area contributed by atoms with E-state index in [1.807, 2.05) is 6.92 Å². The molecule has 0 fully saturated rings. The van der Waals surface area contributed by atoms with E-state index < -0.39 is 5.97 Å². The molecule has 0 saturated carbocycles. The first kappa shape index (κ1) is 15.1. The monoisotopic (exact) mass is 292 g/mol. The summed E-state index contributed by atoms with van der Waals surface area (Å²) in [6, 6.07) is 4.80. The van der Waals surface area contributed by atoms with Gasteiger partial charge in [0.05, 0.1) is 0 Å². The van der Waals surface area contributed by atoms with Gasteiger partial charge >= 0.3 is 5.97 Å². The van der Waals surface area contributed by atoms with Gasteiger partial charge in [-0.3, -0.25) is 4.79 Å². The van der Waals surface area contributed by atoms with E-state index in [1.165, 1.54) is 10.7 Å². The van der Waals surface area contributed by atoms with E-state index in [0.29, 0.717) is 29.9 Å². The van der Waals surface area contributed by atoms with Gasteiger partial charge in [-0.05, 0) is 34.9 Å². The van der Waals surface area contributed by atoms with Crippen LogP contribution in [-0.2, 0) is 11.3 Å². The molecule has 0 bridgehead atoms. The van der Waals surface area contributed by atoms with E-state index in [4.69, 9.17) is 5.11 Å². The summed E-state index contributed by atoms with van der Waals surface area (Å²) in [5.41, 5.74) is 1.13. The van der Waals surface area contributed by atoms with Gasteiger partial charge in [0, 0.05) is 18.5 Å². The molecule has 0 saturated heterocycles. The summed E-state index contributed by atoms with van der Waals surface area (Å²) in [5, 5.41) is 20.3. The average molecular weight is 292 g/mol. The van der Waals surface area contributed by atoms with Gasteiger partial charge < -0.3 is 5.11 Å². The van der Waals surface area contributed by atoms with Gasteiger partial charge in [-0.1, -0.05) is 25.5 Å². The molecule has 6 nitrogen and oxygen atoms in total.